The molecule has 1 rings (SSSR count). The first-order chi connectivity index (χ1) is 8.49. The predicted octanol–water partition coefficient (Wildman–Crippen LogP) is 3.15. The number of rotatable bonds is 3. The fraction of sp³-hybridized carbons (Fsp3) is 0.429. The van der Waals surface area contributed by atoms with Crippen molar-refractivity contribution in [2.75, 3.05) is 6.61 Å². The number of hydrogen-bond acceptors (Lipinski definition) is 4. The zero-order valence-corrected chi connectivity index (χ0v) is 10.9. The number of esters is 1. The van der Waals surface area contributed by atoms with Crippen molar-refractivity contribution in [2.24, 2.45) is 5.92 Å². The molecule has 0 heterocycles. The van der Waals surface area contributed by atoms with Crippen LogP contribution in [0, 0.1) is 5.92 Å². The van der Waals surface area contributed by atoms with Crippen LogP contribution < -0.4 is 0 Å². The maximum Gasteiger partial charge on any atom is 0.516 e. The van der Waals surface area contributed by atoms with Crippen molar-refractivity contribution in [1.29, 1.82) is 0 Å². The van der Waals surface area contributed by atoms with Gasteiger partial charge in [-0.1, -0.05) is 37.6 Å². The largest absolute Gasteiger partial charge is 0.516 e. The molecular formula is C14H18O4. The minimum Gasteiger partial charge on any atom is -0.434 e. The number of allylic oxidation sites excluding steroid dienone is 4. The summed E-state index contributed by atoms with van der Waals surface area (Å²) >= 11 is 0. The van der Waals surface area contributed by atoms with Gasteiger partial charge in [-0.05, 0) is 25.3 Å². The molecule has 0 saturated heterocycles. The molecule has 0 aromatic rings. The van der Waals surface area contributed by atoms with Crippen molar-refractivity contribution in [1.82, 2.24) is 0 Å². The molecule has 4 heteroatoms. The molecule has 1 aliphatic rings. The Balaban J connectivity index is 2.49. The Morgan fingerprint density at radius 2 is 2.11 bits per heavy atom. The lowest BCUT2D eigenvalue weighted by Crippen LogP contribution is -2.17. The molecule has 0 atom stereocenters. The van der Waals surface area contributed by atoms with Gasteiger partial charge < -0.3 is 9.47 Å². The van der Waals surface area contributed by atoms with Crippen LogP contribution in [0.3, 0.4) is 0 Å². The van der Waals surface area contributed by atoms with Crippen LogP contribution in [0.1, 0.15) is 27.2 Å². The lowest BCUT2D eigenvalue weighted by Gasteiger charge is -2.06. The molecular weight excluding hydrogens is 232 g/mol. The maximum atomic E-state index is 11.6. The number of hydrogen-bond donors (Lipinski definition) is 0. The molecule has 0 saturated carbocycles. The van der Waals surface area contributed by atoms with Gasteiger partial charge in [0.1, 0.15) is 0 Å². The average Bonchev–Trinajstić information content (AvgIpc) is 2.51. The first-order valence-electron chi connectivity index (χ1n) is 5.92. The second-order valence-electron chi connectivity index (χ2n) is 4.58. The lowest BCUT2D eigenvalue weighted by atomic mass is 10.2. The van der Waals surface area contributed by atoms with Crippen molar-refractivity contribution >= 4 is 12.1 Å². The summed E-state index contributed by atoms with van der Waals surface area (Å²) in [6.45, 7) is 6.01. The normalized spacial score (nSPS) is 14.7. The van der Waals surface area contributed by atoms with Gasteiger partial charge in [0.2, 0.25) is 0 Å². The van der Waals surface area contributed by atoms with Crippen molar-refractivity contribution < 1.29 is 19.1 Å². The molecule has 0 radical (unpaired) electrons. The van der Waals surface area contributed by atoms with E-state index >= 15 is 0 Å². The van der Waals surface area contributed by atoms with Crippen LogP contribution in [-0.2, 0) is 14.3 Å². The minimum absolute atomic E-state index is 0.205. The second kappa shape index (κ2) is 6.79. The van der Waals surface area contributed by atoms with Crippen LogP contribution in [0.5, 0.6) is 0 Å². The van der Waals surface area contributed by atoms with Crippen molar-refractivity contribution in [2.45, 2.75) is 27.2 Å². The highest BCUT2D eigenvalue weighted by Gasteiger charge is 2.15. The standard InChI is InChI=1S/C14H18O4/c1-10(2)9-17-14(16)18-13(15)12-6-4-5-11(3)7-8-12/h4-6,8,10H,7,9H2,1-3H3. The van der Waals surface area contributed by atoms with Crippen LogP contribution in [0.2, 0.25) is 0 Å². The zero-order chi connectivity index (χ0) is 13.5. The van der Waals surface area contributed by atoms with Gasteiger partial charge >= 0.3 is 12.1 Å². The molecule has 4 nitrogen and oxygen atoms in total. The molecule has 0 aromatic heterocycles. The smallest absolute Gasteiger partial charge is 0.434 e. The average molecular weight is 250 g/mol. The number of ether oxygens (including phenoxy) is 2. The van der Waals surface area contributed by atoms with Gasteiger partial charge in [-0.25, -0.2) is 9.59 Å². The van der Waals surface area contributed by atoms with Gasteiger partial charge in [0.15, 0.2) is 0 Å². The summed E-state index contributed by atoms with van der Waals surface area (Å²) in [6, 6.07) is 0. The van der Waals surface area contributed by atoms with E-state index < -0.39 is 12.1 Å². The number of carbonyl (C=O) groups is 2. The van der Waals surface area contributed by atoms with Gasteiger partial charge in [0.25, 0.3) is 0 Å². The molecule has 0 amide bonds. The first-order valence-corrected chi connectivity index (χ1v) is 5.92. The molecule has 0 aromatic carbocycles. The Hall–Kier alpha value is -1.84. The Bertz CT molecular complexity index is 414. The predicted molar refractivity (Wildman–Crippen MR) is 67.9 cm³/mol. The highest BCUT2D eigenvalue weighted by Crippen LogP contribution is 2.12. The van der Waals surface area contributed by atoms with Gasteiger partial charge in [-0.2, -0.15) is 0 Å². The SMILES string of the molecule is CC1=CC=CC(C(=O)OC(=O)OCC(C)C)=CC1. The zero-order valence-electron chi connectivity index (χ0n) is 10.9. The van der Waals surface area contributed by atoms with Crippen molar-refractivity contribution in [3.8, 4) is 0 Å². The van der Waals surface area contributed by atoms with Crippen LogP contribution >= 0.6 is 0 Å². The van der Waals surface area contributed by atoms with E-state index in [0.717, 1.165) is 5.57 Å². The molecule has 0 fully saturated rings. The third-order valence-corrected chi connectivity index (χ3v) is 2.25. The molecule has 0 unspecified atom stereocenters. The molecule has 98 valence electrons. The quantitative estimate of drug-likeness (QED) is 0.570. The van der Waals surface area contributed by atoms with Crippen LogP contribution in [-0.4, -0.2) is 18.7 Å². The lowest BCUT2D eigenvalue weighted by molar-refractivity contribution is -0.135. The maximum absolute atomic E-state index is 11.6. The topological polar surface area (TPSA) is 52.6 Å². The molecule has 0 N–H and O–H groups in total. The summed E-state index contributed by atoms with van der Waals surface area (Å²) in [5.74, 6) is -0.473. The molecule has 0 bridgehead atoms. The fourth-order valence-corrected chi connectivity index (χ4v) is 1.27. The highest BCUT2D eigenvalue weighted by atomic mass is 16.7. The van der Waals surface area contributed by atoms with E-state index in [0.29, 0.717) is 12.0 Å². The summed E-state index contributed by atoms with van der Waals surface area (Å²) in [5, 5.41) is 0. The summed E-state index contributed by atoms with van der Waals surface area (Å²) < 4.78 is 9.36. The Kier molecular flexibility index (Phi) is 5.36. The van der Waals surface area contributed by atoms with Gasteiger partial charge in [-0.3, -0.25) is 0 Å². The Morgan fingerprint density at radius 1 is 1.39 bits per heavy atom. The van der Waals surface area contributed by atoms with Crippen LogP contribution in [0.4, 0.5) is 4.79 Å². The Labute approximate surface area is 107 Å². The van der Waals surface area contributed by atoms with E-state index in [-0.39, 0.29) is 12.5 Å². The van der Waals surface area contributed by atoms with Crippen molar-refractivity contribution in [3.05, 3.63) is 35.5 Å². The summed E-state index contributed by atoms with van der Waals surface area (Å²) in [5.41, 5.74) is 1.50. The summed E-state index contributed by atoms with van der Waals surface area (Å²) in [6.07, 6.45) is 6.74. The second-order valence-corrected chi connectivity index (χ2v) is 4.58. The third-order valence-electron chi connectivity index (χ3n) is 2.25. The van der Waals surface area contributed by atoms with Gasteiger partial charge in [0.05, 0.1) is 12.2 Å². The molecule has 1 aliphatic carbocycles. The van der Waals surface area contributed by atoms with E-state index in [2.05, 4.69) is 4.74 Å². The van der Waals surface area contributed by atoms with Crippen molar-refractivity contribution in [3.63, 3.8) is 0 Å². The molecule has 0 spiro atoms. The third kappa shape index (κ3) is 4.99. The fourth-order valence-electron chi connectivity index (χ4n) is 1.27. The summed E-state index contributed by atoms with van der Waals surface area (Å²) in [4.78, 5) is 22.9. The molecule has 18 heavy (non-hydrogen) atoms. The van der Waals surface area contributed by atoms with Crippen LogP contribution in [0.25, 0.3) is 0 Å². The first kappa shape index (κ1) is 14.2. The van der Waals surface area contributed by atoms with E-state index in [1.165, 1.54) is 0 Å². The summed E-state index contributed by atoms with van der Waals surface area (Å²) in [7, 11) is 0. The highest BCUT2D eigenvalue weighted by molar-refractivity contribution is 5.97. The minimum atomic E-state index is -0.947. The Morgan fingerprint density at radius 3 is 2.78 bits per heavy atom. The van der Waals surface area contributed by atoms with E-state index in [4.69, 9.17) is 4.74 Å². The number of carbonyl (C=O) groups excluding carboxylic acids is 2. The van der Waals surface area contributed by atoms with E-state index in [1.54, 1.807) is 18.2 Å². The van der Waals surface area contributed by atoms with E-state index in [1.807, 2.05) is 26.8 Å². The molecule has 0 aliphatic heterocycles. The van der Waals surface area contributed by atoms with E-state index in [9.17, 15) is 9.59 Å². The van der Waals surface area contributed by atoms with Crippen LogP contribution in [0.15, 0.2) is 35.5 Å². The van der Waals surface area contributed by atoms with Gasteiger partial charge in [-0.15, -0.1) is 0 Å². The van der Waals surface area contributed by atoms with Gasteiger partial charge in [0, 0.05) is 0 Å². The monoisotopic (exact) mass is 250 g/mol.